The molecule has 2 rings (SSSR count). The minimum Gasteiger partial charge on any atom is -0.484 e. The van der Waals surface area contributed by atoms with E-state index in [4.69, 9.17) is 14.7 Å². The van der Waals surface area contributed by atoms with E-state index in [1.807, 2.05) is 0 Å². The fourth-order valence-corrected chi connectivity index (χ4v) is 1.13. The van der Waals surface area contributed by atoms with Gasteiger partial charge in [-0.1, -0.05) is 0 Å². The minimum atomic E-state index is 0.236. The Bertz CT molecular complexity index is 380. The van der Waals surface area contributed by atoms with E-state index >= 15 is 0 Å². The van der Waals surface area contributed by atoms with Gasteiger partial charge in [-0.05, 0) is 18.9 Å². The maximum absolute atomic E-state index is 8.86. The van der Waals surface area contributed by atoms with Crippen molar-refractivity contribution in [1.29, 1.82) is 5.26 Å². The molecule has 4 nitrogen and oxygen atoms in total. The first-order valence-corrected chi connectivity index (χ1v) is 4.45. The first-order chi connectivity index (χ1) is 6.85. The molecule has 14 heavy (non-hydrogen) atoms. The summed E-state index contributed by atoms with van der Waals surface area (Å²) in [5, 5.41) is 8.86. The van der Waals surface area contributed by atoms with Crippen molar-refractivity contribution in [2.24, 2.45) is 0 Å². The van der Waals surface area contributed by atoms with Gasteiger partial charge in [-0.15, -0.1) is 0 Å². The number of aromatic nitrogens is 1. The van der Waals surface area contributed by atoms with Gasteiger partial charge in [0, 0.05) is 6.20 Å². The van der Waals surface area contributed by atoms with E-state index in [1.54, 1.807) is 6.07 Å². The molecule has 1 saturated carbocycles. The molecule has 0 saturated heterocycles. The van der Waals surface area contributed by atoms with Crippen molar-refractivity contribution in [2.45, 2.75) is 18.9 Å². The molecule has 72 valence electrons. The zero-order valence-corrected chi connectivity index (χ0v) is 7.86. The highest BCUT2D eigenvalue weighted by atomic mass is 16.5. The lowest BCUT2D eigenvalue weighted by atomic mass is 10.2. The normalized spacial score (nSPS) is 14.6. The van der Waals surface area contributed by atoms with Gasteiger partial charge in [0.05, 0.1) is 13.2 Å². The third kappa shape index (κ3) is 1.62. The molecule has 1 aromatic rings. The molecule has 0 atom stereocenters. The molecule has 0 amide bonds. The van der Waals surface area contributed by atoms with Gasteiger partial charge in [0.2, 0.25) is 0 Å². The van der Waals surface area contributed by atoms with E-state index in [1.165, 1.54) is 13.3 Å². The van der Waals surface area contributed by atoms with Crippen molar-refractivity contribution in [3.05, 3.63) is 17.8 Å². The van der Waals surface area contributed by atoms with Gasteiger partial charge in [-0.2, -0.15) is 5.26 Å². The van der Waals surface area contributed by atoms with Crippen molar-refractivity contribution in [1.82, 2.24) is 4.98 Å². The summed E-state index contributed by atoms with van der Waals surface area (Å²) in [5.41, 5.74) is 0.476. The topological polar surface area (TPSA) is 55.1 Å². The summed E-state index contributed by atoms with van der Waals surface area (Å²) >= 11 is 0. The number of ether oxygens (including phenoxy) is 2. The Morgan fingerprint density at radius 1 is 1.57 bits per heavy atom. The fraction of sp³-hybridized carbons (Fsp3) is 0.400. The number of hydrogen-bond acceptors (Lipinski definition) is 4. The van der Waals surface area contributed by atoms with Crippen molar-refractivity contribution < 1.29 is 9.47 Å². The summed E-state index contributed by atoms with van der Waals surface area (Å²) in [6.07, 6.45) is 3.86. The molecule has 0 N–H and O–H groups in total. The number of hydrogen-bond donors (Lipinski definition) is 0. The van der Waals surface area contributed by atoms with E-state index in [0.29, 0.717) is 17.2 Å². The third-order valence-electron chi connectivity index (χ3n) is 1.99. The number of pyridine rings is 1. The molecule has 0 unspecified atom stereocenters. The van der Waals surface area contributed by atoms with Crippen molar-refractivity contribution >= 4 is 0 Å². The lowest BCUT2D eigenvalue weighted by molar-refractivity contribution is 0.276. The highest BCUT2D eigenvalue weighted by Crippen LogP contribution is 2.34. The molecule has 4 heteroatoms. The first kappa shape index (κ1) is 8.82. The van der Waals surface area contributed by atoms with E-state index in [2.05, 4.69) is 11.1 Å². The standard InChI is InChI=1S/C10H10N2O2/c1-13-10-9(14-8-2-3-8)7(6-11)4-5-12-10/h4-5,8H,2-3H2,1H3. The average molecular weight is 190 g/mol. The molecule has 1 aliphatic carbocycles. The first-order valence-electron chi connectivity index (χ1n) is 4.45. The smallest absolute Gasteiger partial charge is 0.258 e. The van der Waals surface area contributed by atoms with Gasteiger partial charge in [-0.3, -0.25) is 0 Å². The summed E-state index contributed by atoms with van der Waals surface area (Å²) in [6, 6.07) is 3.68. The van der Waals surface area contributed by atoms with E-state index < -0.39 is 0 Å². The number of rotatable bonds is 3. The van der Waals surface area contributed by atoms with Crippen LogP contribution in [0.4, 0.5) is 0 Å². The molecule has 1 aliphatic rings. The Morgan fingerprint density at radius 2 is 2.36 bits per heavy atom. The molecule has 0 spiro atoms. The quantitative estimate of drug-likeness (QED) is 0.724. The summed E-state index contributed by atoms with van der Waals surface area (Å²) in [6.45, 7) is 0. The summed E-state index contributed by atoms with van der Waals surface area (Å²) in [4.78, 5) is 3.99. The largest absolute Gasteiger partial charge is 0.484 e. The fourth-order valence-electron chi connectivity index (χ4n) is 1.13. The van der Waals surface area contributed by atoms with Crippen molar-refractivity contribution in [3.63, 3.8) is 0 Å². The van der Waals surface area contributed by atoms with E-state index in [9.17, 15) is 0 Å². The maximum atomic E-state index is 8.86. The zero-order valence-electron chi connectivity index (χ0n) is 7.86. The van der Waals surface area contributed by atoms with Gasteiger partial charge >= 0.3 is 0 Å². The van der Waals surface area contributed by atoms with Crippen LogP contribution in [0.2, 0.25) is 0 Å². The molecule has 1 heterocycles. The van der Waals surface area contributed by atoms with Crippen LogP contribution in [0.1, 0.15) is 18.4 Å². The molecule has 0 aliphatic heterocycles. The predicted molar refractivity (Wildman–Crippen MR) is 49.2 cm³/mol. The van der Waals surface area contributed by atoms with Crippen LogP contribution in [0.5, 0.6) is 11.6 Å². The highest BCUT2D eigenvalue weighted by molar-refractivity contribution is 5.48. The second-order valence-corrected chi connectivity index (χ2v) is 3.13. The third-order valence-corrected chi connectivity index (χ3v) is 1.99. The number of methoxy groups -OCH3 is 1. The zero-order chi connectivity index (χ0) is 9.97. The SMILES string of the molecule is COc1nccc(C#N)c1OC1CC1. The van der Waals surface area contributed by atoms with Gasteiger partial charge < -0.3 is 9.47 Å². The van der Waals surface area contributed by atoms with Crippen molar-refractivity contribution in [3.8, 4) is 17.7 Å². The molecule has 0 bridgehead atoms. The summed E-state index contributed by atoms with van der Waals surface area (Å²) in [5.74, 6) is 0.857. The van der Waals surface area contributed by atoms with Crippen LogP contribution in [0.15, 0.2) is 12.3 Å². The molecule has 0 aromatic carbocycles. The Balaban J connectivity index is 2.35. The van der Waals surface area contributed by atoms with Gasteiger partial charge in [0.25, 0.3) is 5.88 Å². The number of nitriles is 1. The number of nitrogens with zero attached hydrogens (tertiary/aromatic N) is 2. The monoisotopic (exact) mass is 190 g/mol. The van der Waals surface area contributed by atoms with Crippen LogP contribution < -0.4 is 9.47 Å². The lowest BCUT2D eigenvalue weighted by Crippen LogP contribution is -2.02. The van der Waals surface area contributed by atoms with Crippen LogP contribution in [-0.4, -0.2) is 18.2 Å². The van der Waals surface area contributed by atoms with E-state index in [-0.39, 0.29) is 6.10 Å². The molecule has 0 radical (unpaired) electrons. The van der Waals surface area contributed by atoms with Crippen molar-refractivity contribution in [2.75, 3.05) is 7.11 Å². The molecule has 1 aromatic heterocycles. The Labute approximate surface area is 82.1 Å². The Hall–Kier alpha value is -1.76. The molecular weight excluding hydrogens is 180 g/mol. The molecular formula is C10H10N2O2. The van der Waals surface area contributed by atoms with Crippen LogP contribution in [0.25, 0.3) is 0 Å². The average Bonchev–Trinajstić information content (AvgIpc) is 3.02. The Morgan fingerprint density at radius 3 is 2.93 bits per heavy atom. The Kier molecular flexibility index (Phi) is 2.23. The van der Waals surface area contributed by atoms with Crippen LogP contribution in [-0.2, 0) is 0 Å². The summed E-state index contributed by atoms with van der Waals surface area (Å²) in [7, 11) is 1.52. The lowest BCUT2D eigenvalue weighted by Gasteiger charge is -2.09. The maximum Gasteiger partial charge on any atom is 0.258 e. The second-order valence-electron chi connectivity index (χ2n) is 3.13. The van der Waals surface area contributed by atoms with Gasteiger partial charge in [0.15, 0.2) is 5.75 Å². The van der Waals surface area contributed by atoms with Crippen LogP contribution >= 0.6 is 0 Å². The minimum absolute atomic E-state index is 0.236. The van der Waals surface area contributed by atoms with Gasteiger partial charge in [0.1, 0.15) is 11.6 Å². The summed E-state index contributed by atoms with van der Waals surface area (Å²) < 4.78 is 10.6. The predicted octanol–water partition coefficient (Wildman–Crippen LogP) is 1.50. The van der Waals surface area contributed by atoms with Gasteiger partial charge in [-0.25, -0.2) is 4.98 Å². The van der Waals surface area contributed by atoms with Crippen LogP contribution in [0.3, 0.4) is 0 Å². The van der Waals surface area contributed by atoms with Crippen LogP contribution in [0, 0.1) is 11.3 Å². The second kappa shape index (κ2) is 3.54. The molecule has 1 fully saturated rings. The highest BCUT2D eigenvalue weighted by Gasteiger charge is 2.26. The van der Waals surface area contributed by atoms with E-state index in [0.717, 1.165) is 12.8 Å².